The summed E-state index contributed by atoms with van der Waals surface area (Å²) in [6, 6.07) is 21.8. The molecule has 0 aliphatic rings. The monoisotopic (exact) mass is 526 g/mol. The number of nitriles is 1. The summed E-state index contributed by atoms with van der Waals surface area (Å²) in [7, 11) is 1.49. The van der Waals surface area contributed by atoms with E-state index in [2.05, 4.69) is 32.2 Å². The Morgan fingerprint density at radius 1 is 0.975 bits per heavy atom. The Morgan fingerprint density at radius 2 is 1.85 bits per heavy atom. The Kier molecular flexibility index (Phi) is 7.24. The Labute approximate surface area is 229 Å². The fourth-order valence-electron chi connectivity index (χ4n) is 4.26. The highest BCUT2D eigenvalue weighted by molar-refractivity contribution is 6.06. The van der Waals surface area contributed by atoms with Gasteiger partial charge in [0.15, 0.2) is 0 Å². The maximum atomic E-state index is 13.0. The van der Waals surface area contributed by atoms with Crippen molar-refractivity contribution in [3.63, 3.8) is 0 Å². The van der Waals surface area contributed by atoms with Crippen molar-refractivity contribution in [1.29, 1.82) is 5.26 Å². The second-order valence-electron chi connectivity index (χ2n) is 8.67. The number of methoxy groups -OCH3 is 1. The van der Waals surface area contributed by atoms with Crippen molar-refractivity contribution in [2.45, 2.75) is 0 Å². The minimum atomic E-state index is -0.419. The molecule has 0 unspecified atom stereocenters. The van der Waals surface area contributed by atoms with Crippen LogP contribution >= 0.6 is 0 Å². The summed E-state index contributed by atoms with van der Waals surface area (Å²) in [5.41, 5.74) is 5.43. The van der Waals surface area contributed by atoms with Gasteiger partial charge in [-0.3, -0.25) is 9.59 Å². The lowest BCUT2D eigenvalue weighted by atomic mass is 9.95. The summed E-state index contributed by atoms with van der Waals surface area (Å²) >= 11 is 0. The van der Waals surface area contributed by atoms with Gasteiger partial charge in [0, 0.05) is 29.0 Å². The van der Waals surface area contributed by atoms with E-state index in [1.165, 1.54) is 31.8 Å². The van der Waals surface area contributed by atoms with Gasteiger partial charge in [0.25, 0.3) is 5.91 Å². The lowest BCUT2D eigenvalue weighted by Crippen LogP contribution is -2.14. The number of rotatable bonds is 7. The summed E-state index contributed by atoms with van der Waals surface area (Å²) in [5.74, 6) is -0.0905. The highest BCUT2D eigenvalue weighted by Crippen LogP contribution is 2.35. The van der Waals surface area contributed by atoms with Gasteiger partial charge in [-0.25, -0.2) is 15.0 Å². The van der Waals surface area contributed by atoms with Crippen molar-refractivity contribution >= 4 is 34.2 Å². The van der Waals surface area contributed by atoms with E-state index in [0.29, 0.717) is 22.6 Å². The fourth-order valence-corrected chi connectivity index (χ4v) is 4.26. The van der Waals surface area contributed by atoms with Crippen LogP contribution in [0.4, 0.5) is 11.5 Å². The van der Waals surface area contributed by atoms with E-state index in [9.17, 15) is 9.59 Å². The molecule has 3 aromatic carbocycles. The van der Waals surface area contributed by atoms with Crippen molar-refractivity contribution in [1.82, 2.24) is 15.0 Å². The molecule has 40 heavy (non-hydrogen) atoms. The van der Waals surface area contributed by atoms with Gasteiger partial charge in [-0.05, 0) is 71.3 Å². The third-order valence-electron chi connectivity index (χ3n) is 6.14. The maximum Gasteiger partial charge on any atom is 0.260 e. The molecule has 5 aromatic rings. The van der Waals surface area contributed by atoms with Gasteiger partial charge in [0.05, 0.1) is 29.8 Å². The third-order valence-corrected chi connectivity index (χ3v) is 6.14. The largest absolute Gasteiger partial charge is 0.496 e. The van der Waals surface area contributed by atoms with E-state index in [1.54, 1.807) is 30.5 Å². The molecule has 0 aliphatic heterocycles. The number of amides is 2. The van der Waals surface area contributed by atoms with Crippen LogP contribution in [0.5, 0.6) is 5.75 Å². The molecule has 9 nitrogen and oxygen atoms in total. The molecule has 2 amide bonds. The molecule has 0 fully saturated rings. The molecule has 0 atom stereocenters. The molecule has 0 saturated carbocycles. The summed E-state index contributed by atoms with van der Waals surface area (Å²) in [5, 5.41) is 15.4. The molecule has 0 aliphatic carbocycles. The van der Waals surface area contributed by atoms with Gasteiger partial charge in [-0.2, -0.15) is 5.26 Å². The minimum Gasteiger partial charge on any atom is -0.496 e. The van der Waals surface area contributed by atoms with Crippen LogP contribution in [0, 0.1) is 11.3 Å². The van der Waals surface area contributed by atoms with E-state index >= 15 is 0 Å². The fraction of sp³-hybridized carbons (Fsp3) is 0.0323. The normalized spacial score (nSPS) is 10.4. The van der Waals surface area contributed by atoms with Crippen LogP contribution < -0.4 is 15.4 Å². The molecule has 0 saturated heterocycles. The standard InChI is InChI=1S/C31H22N6O3/c1-3-29(38)36-24-6-4-5-21(13-24)26-14-22(12-23-17-33-18-35-30(23)26)20-7-8-25(27(15-20)40-2)31(39)37-28-11-19(16-32)9-10-34-28/h3-15,17-18H,1H2,2H3,(H,36,38)(H,34,37,39). The second-order valence-corrected chi connectivity index (χ2v) is 8.67. The number of nitrogens with zero attached hydrogens (tertiary/aromatic N) is 4. The Bertz CT molecular complexity index is 1830. The average molecular weight is 527 g/mol. The quantitative estimate of drug-likeness (QED) is 0.263. The van der Waals surface area contributed by atoms with Crippen molar-refractivity contribution in [2.75, 3.05) is 17.7 Å². The van der Waals surface area contributed by atoms with Crippen molar-refractivity contribution in [3.05, 3.63) is 109 Å². The summed E-state index contributed by atoms with van der Waals surface area (Å²) in [4.78, 5) is 37.7. The van der Waals surface area contributed by atoms with Crippen LogP contribution in [0.15, 0.2) is 98.1 Å². The predicted molar refractivity (Wildman–Crippen MR) is 153 cm³/mol. The zero-order valence-corrected chi connectivity index (χ0v) is 21.4. The van der Waals surface area contributed by atoms with Crippen LogP contribution in [-0.4, -0.2) is 33.9 Å². The molecule has 194 valence electrons. The van der Waals surface area contributed by atoms with Crippen molar-refractivity contribution in [3.8, 4) is 34.1 Å². The number of carbonyl (C=O) groups is 2. The molecule has 2 N–H and O–H groups in total. The number of fused-ring (bicyclic) bond motifs is 1. The van der Waals surface area contributed by atoms with E-state index in [1.807, 2.05) is 42.5 Å². The number of hydrogen-bond donors (Lipinski definition) is 2. The average Bonchev–Trinajstić information content (AvgIpc) is 3.00. The number of ether oxygens (including phenoxy) is 1. The molecule has 2 heterocycles. The molecular formula is C31H22N6O3. The highest BCUT2D eigenvalue weighted by Gasteiger charge is 2.16. The second kappa shape index (κ2) is 11.2. The molecule has 0 radical (unpaired) electrons. The number of anilines is 2. The molecule has 9 heteroatoms. The number of nitrogens with one attached hydrogen (secondary N) is 2. The third kappa shape index (κ3) is 5.37. The molecule has 0 bridgehead atoms. The van der Waals surface area contributed by atoms with E-state index < -0.39 is 5.91 Å². The number of hydrogen-bond acceptors (Lipinski definition) is 7. The first-order valence-corrected chi connectivity index (χ1v) is 12.1. The lowest BCUT2D eigenvalue weighted by Gasteiger charge is -2.14. The molecule has 5 rings (SSSR count). The first-order chi connectivity index (χ1) is 19.5. The van der Waals surface area contributed by atoms with E-state index in [-0.39, 0.29) is 11.7 Å². The van der Waals surface area contributed by atoms with Gasteiger partial charge in [0.2, 0.25) is 5.91 Å². The van der Waals surface area contributed by atoms with Crippen molar-refractivity contribution < 1.29 is 14.3 Å². The van der Waals surface area contributed by atoms with Gasteiger partial charge in [0.1, 0.15) is 17.9 Å². The van der Waals surface area contributed by atoms with Gasteiger partial charge in [-0.15, -0.1) is 0 Å². The minimum absolute atomic E-state index is 0.265. The Balaban J connectivity index is 1.54. The summed E-state index contributed by atoms with van der Waals surface area (Å²) in [6.07, 6.45) is 5.90. The Morgan fingerprint density at radius 3 is 2.65 bits per heavy atom. The number of aromatic nitrogens is 3. The van der Waals surface area contributed by atoms with E-state index in [4.69, 9.17) is 10.00 Å². The SMILES string of the molecule is C=CC(=O)Nc1cccc(-c2cc(-c3ccc(C(=O)Nc4cc(C#N)ccn4)c(OC)c3)cc3cncnc23)c1. The highest BCUT2D eigenvalue weighted by atomic mass is 16.5. The first kappa shape index (κ1) is 25.8. The smallest absolute Gasteiger partial charge is 0.260 e. The summed E-state index contributed by atoms with van der Waals surface area (Å²) in [6.45, 7) is 3.50. The number of carbonyl (C=O) groups excluding carboxylic acids is 2. The Hall–Kier alpha value is -5.88. The number of pyridine rings is 1. The van der Waals surface area contributed by atoms with Crippen LogP contribution in [0.2, 0.25) is 0 Å². The van der Waals surface area contributed by atoms with Crippen LogP contribution in [-0.2, 0) is 4.79 Å². The van der Waals surface area contributed by atoms with Gasteiger partial charge >= 0.3 is 0 Å². The van der Waals surface area contributed by atoms with Gasteiger partial charge in [-0.1, -0.05) is 24.8 Å². The van der Waals surface area contributed by atoms with Crippen LogP contribution in [0.3, 0.4) is 0 Å². The van der Waals surface area contributed by atoms with Crippen LogP contribution in [0.25, 0.3) is 33.2 Å². The van der Waals surface area contributed by atoms with Gasteiger partial charge < -0.3 is 15.4 Å². The summed E-state index contributed by atoms with van der Waals surface area (Å²) < 4.78 is 5.57. The first-order valence-electron chi connectivity index (χ1n) is 12.1. The molecule has 2 aromatic heterocycles. The van der Waals surface area contributed by atoms with E-state index in [0.717, 1.165) is 33.2 Å². The molecule has 0 spiro atoms. The maximum absolute atomic E-state index is 13.0. The lowest BCUT2D eigenvalue weighted by molar-refractivity contribution is -0.111. The molecular weight excluding hydrogens is 504 g/mol. The zero-order valence-electron chi connectivity index (χ0n) is 21.4. The topological polar surface area (TPSA) is 130 Å². The zero-order chi connectivity index (χ0) is 28.1. The van der Waals surface area contributed by atoms with Crippen molar-refractivity contribution in [2.24, 2.45) is 0 Å². The predicted octanol–water partition coefficient (Wildman–Crippen LogP) is 5.62. The number of benzene rings is 3. The van der Waals surface area contributed by atoms with Crippen LogP contribution in [0.1, 0.15) is 15.9 Å².